The van der Waals surface area contributed by atoms with E-state index >= 15 is 0 Å². The molecule has 2 aliphatic heterocycles. The van der Waals surface area contributed by atoms with E-state index in [0.29, 0.717) is 5.65 Å². The van der Waals surface area contributed by atoms with E-state index in [0.717, 1.165) is 62.6 Å². The van der Waals surface area contributed by atoms with Crippen LogP contribution in [0.2, 0.25) is 0 Å². The molecule has 5 rings (SSSR count). The van der Waals surface area contributed by atoms with Crippen molar-refractivity contribution in [1.29, 1.82) is 0 Å². The maximum atomic E-state index is 11.8. The van der Waals surface area contributed by atoms with Crippen LogP contribution in [0.25, 0.3) is 5.65 Å². The van der Waals surface area contributed by atoms with E-state index < -0.39 is 0 Å². The molecule has 0 radical (unpaired) electrons. The SMILES string of the molecule is Cc1cccnc1[C@H]1CCCC(c2cn3c(N4CCN(C)CC4)ccc([N+](=O)[O-])c3n2)N1C. The van der Waals surface area contributed by atoms with Gasteiger partial charge in [0.05, 0.1) is 28.4 Å². The summed E-state index contributed by atoms with van der Waals surface area (Å²) in [5.41, 5.74) is 3.67. The minimum atomic E-state index is -0.329. The fourth-order valence-corrected chi connectivity index (χ4v) is 5.32. The van der Waals surface area contributed by atoms with Gasteiger partial charge < -0.3 is 9.80 Å². The number of aryl methyl sites for hydroxylation is 1. The number of hydrogen-bond donors (Lipinski definition) is 0. The Balaban J connectivity index is 1.54. The van der Waals surface area contributed by atoms with Crippen molar-refractivity contribution in [1.82, 2.24) is 24.2 Å². The van der Waals surface area contributed by atoms with Crippen molar-refractivity contribution >= 4 is 17.2 Å². The molecule has 0 saturated carbocycles. The summed E-state index contributed by atoms with van der Waals surface area (Å²) in [6, 6.07) is 7.85. The van der Waals surface area contributed by atoms with Gasteiger partial charge in [-0.1, -0.05) is 6.07 Å². The highest BCUT2D eigenvalue weighted by atomic mass is 16.6. The van der Waals surface area contributed by atoms with Gasteiger partial charge in [0.2, 0.25) is 5.65 Å². The van der Waals surface area contributed by atoms with Crippen LogP contribution in [0.1, 0.15) is 48.3 Å². The monoisotopic (exact) mass is 449 g/mol. The molecule has 0 N–H and O–H groups in total. The largest absolute Gasteiger partial charge is 0.355 e. The lowest BCUT2D eigenvalue weighted by Crippen LogP contribution is -2.45. The van der Waals surface area contributed by atoms with Gasteiger partial charge in [-0.15, -0.1) is 0 Å². The standard InChI is InChI=1S/C24H31N7O2/c1-17-6-5-11-25-23(17)20-8-4-7-19(28(20)3)18-16-30-22(29-14-12-27(2)13-15-29)10-9-21(31(32)33)24(30)26-18/h5-6,9-11,16,19-20H,4,7-8,12-15H2,1-3H3/t19?,20-/m1/s1. The zero-order valence-electron chi connectivity index (χ0n) is 19.5. The molecule has 2 atom stereocenters. The van der Waals surface area contributed by atoms with Crippen LogP contribution < -0.4 is 4.90 Å². The average Bonchev–Trinajstić information content (AvgIpc) is 3.25. The van der Waals surface area contributed by atoms with Gasteiger partial charge in [0.1, 0.15) is 5.82 Å². The molecule has 1 unspecified atom stereocenters. The van der Waals surface area contributed by atoms with E-state index in [1.807, 2.05) is 28.9 Å². The number of piperazine rings is 1. The van der Waals surface area contributed by atoms with Crippen molar-refractivity contribution in [3.63, 3.8) is 0 Å². The third kappa shape index (κ3) is 3.95. The molecule has 3 aromatic rings. The predicted molar refractivity (Wildman–Crippen MR) is 128 cm³/mol. The first-order valence-electron chi connectivity index (χ1n) is 11.7. The van der Waals surface area contributed by atoms with Gasteiger partial charge in [-0.3, -0.25) is 24.4 Å². The first-order chi connectivity index (χ1) is 15.9. The number of likely N-dealkylation sites (N-methyl/N-ethyl adjacent to an activating group) is 1. The number of hydrogen-bond acceptors (Lipinski definition) is 7. The number of piperidine rings is 1. The highest BCUT2D eigenvalue weighted by molar-refractivity contribution is 5.66. The van der Waals surface area contributed by atoms with Gasteiger partial charge in [0, 0.05) is 44.6 Å². The van der Waals surface area contributed by atoms with E-state index in [-0.39, 0.29) is 22.7 Å². The van der Waals surface area contributed by atoms with Crippen LogP contribution in [0.3, 0.4) is 0 Å². The lowest BCUT2D eigenvalue weighted by molar-refractivity contribution is -0.383. The van der Waals surface area contributed by atoms with Gasteiger partial charge >= 0.3 is 5.69 Å². The highest BCUT2D eigenvalue weighted by Crippen LogP contribution is 2.41. The Kier molecular flexibility index (Phi) is 5.76. The van der Waals surface area contributed by atoms with Gasteiger partial charge in [-0.25, -0.2) is 4.98 Å². The Hall–Kier alpha value is -3.04. The number of pyridine rings is 2. The second kappa shape index (κ2) is 8.72. The van der Waals surface area contributed by atoms with Crippen molar-refractivity contribution in [2.45, 2.75) is 38.3 Å². The zero-order valence-corrected chi connectivity index (χ0v) is 19.5. The van der Waals surface area contributed by atoms with E-state index in [4.69, 9.17) is 4.98 Å². The molecule has 9 heteroatoms. The molecule has 0 aromatic carbocycles. The number of imidazole rings is 1. The Labute approximate surface area is 193 Å². The Bertz CT molecular complexity index is 1170. The summed E-state index contributed by atoms with van der Waals surface area (Å²) in [4.78, 5) is 27.9. The fraction of sp³-hybridized carbons (Fsp3) is 0.500. The van der Waals surface area contributed by atoms with Crippen molar-refractivity contribution in [2.24, 2.45) is 0 Å². The number of likely N-dealkylation sites (tertiary alicyclic amines) is 1. The number of nitrogens with zero attached hydrogens (tertiary/aromatic N) is 7. The molecule has 2 aliphatic rings. The molecule has 174 valence electrons. The molecular weight excluding hydrogens is 418 g/mol. The maximum absolute atomic E-state index is 11.8. The summed E-state index contributed by atoms with van der Waals surface area (Å²) in [5.74, 6) is 0.970. The summed E-state index contributed by atoms with van der Waals surface area (Å²) in [7, 11) is 4.25. The molecule has 2 fully saturated rings. The molecule has 0 amide bonds. The maximum Gasteiger partial charge on any atom is 0.312 e. The number of fused-ring (bicyclic) bond motifs is 1. The number of aromatic nitrogens is 3. The molecule has 0 bridgehead atoms. The van der Waals surface area contributed by atoms with E-state index in [2.05, 4.69) is 46.8 Å². The highest BCUT2D eigenvalue weighted by Gasteiger charge is 2.33. The quantitative estimate of drug-likeness (QED) is 0.445. The van der Waals surface area contributed by atoms with Crippen LogP contribution in [0.5, 0.6) is 0 Å². The number of rotatable bonds is 4. The molecule has 5 heterocycles. The normalized spacial score (nSPS) is 22.7. The Morgan fingerprint density at radius 2 is 1.82 bits per heavy atom. The van der Waals surface area contributed by atoms with Crippen LogP contribution in [0.4, 0.5) is 11.5 Å². The van der Waals surface area contributed by atoms with Crippen LogP contribution in [0, 0.1) is 17.0 Å². The number of anilines is 1. The third-order valence-corrected chi connectivity index (χ3v) is 7.26. The molecule has 9 nitrogen and oxygen atoms in total. The van der Waals surface area contributed by atoms with E-state index in [1.165, 1.54) is 5.56 Å². The van der Waals surface area contributed by atoms with Gasteiger partial charge in [0.15, 0.2) is 0 Å². The van der Waals surface area contributed by atoms with Gasteiger partial charge in [0.25, 0.3) is 0 Å². The first-order valence-corrected chi connectivity index (χ1v) is 11.7. The van der Waals surface area contributed by atoms with Crippen molar-refractivity contribution < 1.29 is 4.92 Å². The van der Waals surface area contributed by atoms with E-state index in [1.54, 1.807) is 6.07 Å². The molecule has 0 aliphatic carbocycles. The minimum Gasteiger partial charge on any atom is -0.355 e. The predicted octanol–water partition coefficient (Wildman–Crippen LogP) is 3.60. The second-order valence-corrected chi connectivity index (χ2v) is 9.32. The van der Waals surface area contributed by atoms with E-state index in [9.17, 15) is 10.1 Å². The Morgan fingerprint density at radius 3 is 2.55 bits per heavy atom. The first kappa shape index (κ1) is 21.8. The zero-order chi connectivity index (χ0) is 23.1. The van der Waals surface area contributed by atoms with Crippen molar-refractivity contribution in [2.75, 3.05) is 45.2 Å². The van der Waals surface area contributed by atoms with Crippen LogP contribution in [-0.2, 0) is 0 Å². The van der Waals surface area contributed by atoms with Crippen molar-refractivity contribution in [3.8, 4) is 0 Å². The lowest BCUT2D eigenvalue weighted by Gasteiger charge is -2.39. The molecule has 33 heavy (non-hydrogen) atoms. The third-order valence-electron chi connectivity index (χ3n) is 7.26. The second-order valence-electron chi connectivity index (χ2n) is 9.32. The Morgan fingerprint density at radius 1 is 1.06 bits per heavy atom. The number of nitro groups is 1. The fourth-order valence-electron chi connectivity index (χ4n) is 5.32. The van der Waals surface area contributed by atoms with Crippen LogP contribution >= 0.6 is 0 Å². The van der Waals surface area contributed by atoms with Crippen molar-refractivity contribution in [3.05, 3.63) is 63.7 Å². The minimum absolute atomic E-state index is 0.0507. The smallest absolute Gasteiger partial charge is 0.312 e. The average molecular weight is 450 g/mol. The summed E-state index contributed by atoms with van der Waals surface area (Å²) in [5, 5.41) is 11.8. The topological polar surface area (TPSA) is 83.0 Å². The summed E-state index contributed by atoms with van der Waals surface area (Å²) >= 11 is 0. The molecular formula is C24H31N7O2. The lowest BCUT2D eigenvalue weighted by atomic mass is 9.91. The summed E-state index contributed by atoms with van der Waals surface area (Å²) in [6.07, 6.45) is 6.96. The molecule has 2 saturated heterocycles. The molecule has 3 aromatic heterocycles. The van der Waals surface area contributed by atoms with Gasteiger partial charge in [-0.05, 0) is 58.0 Å². The van der Waals surface area contributed by atoms with Crippen LogP contribution in [-0.4, -0.2) is 69.4 Å². The summed E-state index contributed by atoms with van der Waals surface area (Å²) in [6.45, 7) is 5.83. The van der Waals surface area contributed by atoms with Gasteiger partial charge in [-0.2, -0.15) is 0 Å². The molecule has 0 spiro atoms. The van der Waals surface area contributed by atoms with Crippen LogP contribution in [0.15, 0.2) is 36.7 Å². The summed E-state index contributed by atoms with van der Waals surface area (Å²) < 4.78 is 1.93.